The Bertz CT molecular complexity index is 745. The number of hydrogen-bond donors (Lipinski definition) is 4. The molecular formula is C18H22ClFN2O6. The number of amides is 2. The topological polar surface area (TPSA) is 119 Å². The summed E-state index contributed by atoms with van der Waals surface area (Å²) in [5, 5.41) is 32.9. The highest BCUT2D eigenvalue weighted by Gasteiger charge is 2.52. The number of likely N-dealkylation sites (tertiary alicyclic amines) is 1. The molecule has 0 spiro atoms. The highest BCUT2D eigenvalue weighted by Crippen LogP contribution is 2.32. The molecule has 10 heteroatoms. The molecule has 8 nitrogen and oxygen atoms in total. The molecule has 1 saturated carbocycles. The molecule has 154 valence electrons. The van der Waals surface area contributed by atoms with Gasteiger partial charge in [0.05, 0.1) is 12.1 Å². The van der Waals surface area contributed by atoms with Gasteiger partial charge in [-0.1, -0.05) is 11.6 Å². The van der Waals surface area contributed by atoms with Crippen LogP contribution in [0, 0.1) is 5.82 Å². The van der Waals surface area contributed by atoms with E-state index in [4.69, 9.17) is 16.3 Å². The van der Waals surface area contributed by atoms with E-state index in [1.165, 1.54) is 17.0 Å². The summed E-state index contributed by atoms with van der Waals surface area (Å²) in [5.74, 6) is -3.76. The Morgan fingerprint density at radius 3 is 2.82 bits per heavy atom. The lowest BCUT2D eigenvalue weighted by Crippen LogP contribution is -2.55. The standard InChI is InChI=1S/C18H22ClFN2O6/c19-11-6-10(7-12(20)8-11)9-21-17(26)28-18(27)4-5-22(16(18)25)13-2-1-3-14(23)15(13)24/h6-8,13-15,23-24,27H,1-5,9H2,(H,21,26)/t13-,14-,15+,18?/m0/s1. The summed E-state index contributed by atoms with van der Waals surface area (Å²) in [6.45, 7) is -0.0333. The SMILES string of the molecule is O=C(NCc1cc(F)cc(Cl)c1)OC1(O)CCN([C@H]2CCC[C@H](O)[C@@H]2O)C1=O. The molecular weight excluding hydrogens is 395 g/mol. The van der Waals surface area contributed by atoms with Crippen LogP contribution < -0.4 is 5.32 Å². The molecule has 2 aliphatic rings. The molecule has 2 fully saturated rings. The van der Waals surface area contributed by atoms with Gasteiger partial charge in [-0.3, -0.25) is 4.79 Å². The maximum absolute atomic E-state index is 13.3. The lowest BCUT2D eigenvalue weighted by molar-refractivity contribution is -0.185. The number of ether oxygens (including phenoxy) is 1. The lowest BCUT2D eigenvalue weighted by atomic mass is 9.89. The van der Waals surface area contributed by atoms with Gasteiger partial charge in [0.15, 0.2) is 0 Å². The van der Waals surface area contributed by atoms with E-state index in [1.807, 2.05) is 0 Å². The number of aliphatic hydroxyl groups is 3. The molecule has 1 aliphatic heterocycles. The van der Waals surface area contributed by atoms with Crippen molar-refractivity contribution in [2.75, 3.05) is 6.54 Å². The number of carbonyl (C=O) groups is 2. The minimum atomic E-state index is -2.36. The van der Waals surface area contributed by atoms with E-state index in [1.54, 1.807) is 0 Å². The van der Waals surface area contributed by atoms with Crippen LogP contribution in [0.25, 0.3) is 0 Å². The predicted octanol–water partition coefficient (Wildman–Crippen LogP) is 0.900. The largest absolute Gasteiger partial charge is 0.410 e. The summed E-state index contributed by atoms with van der Waals surface area (Å²) in [6.07, 6.45) is -1.73. The number of aliphatic hydroxyl groups excluding tert-OH is 2. The molecule has 1 heterocycles. The Morgan fingerprint density at radius 1 is 1.36 bits per heavy atom. The molecule has 1 aromatic rings. The lowest BCUT2D eigenvalue weighted by Gasteiger charge is -2.38. The van der Waals surface area contributed by atoms with Gasteiger partial charge in [0, 0.05) is 24.5 Å². The van der Waals surface area contributed by atoms with Gasteiger partial charge in [0.2, 0.25) is 0 Å². The van der Waals surface area contributed by atoms with Crippen LogP contribution in [0.4, 0.5) is 9.18 Å². The van der Waals surface area contributed by atoms with Crippen molar-refractivity contribution in [1.29, 1.82) is 0 Å². The third-order valence-corrected chi connectivity index (χ3v) is 5.31. The number of rotatable bonds is 4. The number of benzene rings is 1. The van der Waals surface area contributed by atoms with Crippen molar-refractivity contribution in [2.45, 2.75) is 56.3 Å². The van der Waals surface area contributed by atoms with Gasteiger partial charge in [0.1, 0.15) is 11.9 Å². The van der Waals surface area contributed by atoms with Crippen molar-refractivity contribution in [1.82, 2.24) is 10.2 Å². The maximum Gasteiger partial charge on any atom is 0.410 e. The van der Waals surface area contributed by atoms with Crippen LogP contribution in [0.15, 0.2) is 18.2 Å². The van der Waals surface area contributed by atoms with Gasteiger partial charge >= 0.3 is 6.09 Å². The summed E-state index contributed by atoms with van der Waals surface area (Å²) in [5.41, 5.74) is 0.382. The number of hydrogen-bond acceptors (Lipinski definition) is 6. The zero-order chi connectivity index (χ0) is 20.5. The van der Waals surface area contributed by atoms with E-state index < -0.39 is 41.9 Å². The first-order valence-corrected chi connectivity index (χ1v) is 9.39. The predicted molar refractivity (Wildman–Crippen MR) is 95.7 cm³/mol. The van der Waals surface area contributed by atoms with Crippen LogP contribution in [0.3, 0.4) is 0 Å². The van der Waals surface area contributed by atoms with Crippen molar-refractivity contribution in [3.8, 4) is 0 Å². The Kier molecular flexibility index (Phi) is 6.09. The first kappa shape index (κ1) is 20.8. The Balaban J connectivity index is 1.59. The molecule has 1 aliphatic carbocycles. The number of halogens is 2. The van der Waals surface area contributed by atoms with E-state index in [2.05, 4.69) is 5.32 Å². The number of alkyl carbamates (subject to hydrolysis) is 1. The second-order valence-corrected chi connectivity index (χ2v) is 7.55. The van der Waals surface area contributed by atoms with Crippen molar-refractivity contribution in [3.63, 3.8) is 0 Å². The van der Waals surface area contributed by atoms with Crippen LogP contribution >= 0.6 is 11.6 Å². The van der Waals surface area contributed by atoms with Crippen LogP contribution in [0.5, 0.6) is 0 Å². The highest BCUT2D eigenvalue weighted by atomic mass is 35.5. The highest BCUT2D eigenvalue weighted by molar-refractivity contribution is 6.30. The van der Waals surface area contributed by atoms with E-state index in [9.17, 15) is 29.3 Å². The fourth-order valence-corrected chi connectivity index (χ4v) is 3.91. The third kappa shape index (κ3) is 4.38. The molecule has 0 aromatic heterocycles. The first-order chi connectivity index (χ1) is 13.2. The molecule has 28 heavy (non-hydrogen) atoms. The van der Waals surface area contributed by atoms with Gasteiger partial charge < -0.3 is 30.3 Å². The van der Waals surface area contributed by atoms with Gasteiger partial charge in [-0.15, -0.1) is 0 Å². The van der Waals surface area contributed by atoms with Crippen molar-refractivity contribution < 1.29 is 34.0 Å². The molecule has 2 amide bonds. The normalized spacial score (nSPS) is 30.4. The molecule has 1 aromatic carbocycles. The fraction of sp³-hybridized carbons (Fsp3) is 0.556. The van der Waals surface area contributed by atoms with E-state index >= 15 is 0 Å². The third-order valence-electron chi connectivity index (χ3n) is 5.10. The monoisotopic (exact) mass is 416 g/mol. The summed E-state index contributed by atoms with van der Waals surface area (Å²) in [6, 6.07) is 3.11. The minimum absolute atomic E-state index is 0.0799. The van der Waals surface area contributed by atoms with Crippen molar-refractivity contribution >= 4 is 23.6 Å². The van der Waals surface area contributed by atoms with Crippen molar-refractivity contribution in [3.05, 3.63) is 34.6 Å². The second kappa shape index (κ2) is 8.20. The number of nitrogens with zero attached hydrogens (tertiary/aromatic N) is 1. The minimum Gasteiger partial charge on any atom is -0.407 e. The Hall–Kier alpha value is -1.94. The smallest absolute Gasteiger partial charge is 0.407 e. The Labute approximate surface area is 165 Å². The Morgan fingerprint density at radius 2 is 2.11 bits per heavy atom. The van der Waals surface area contributed by atoms with Crippen LogP contribution in [0.2, 0.25) is 5.02 Å². The van der Waals surface area contributed by atoms with E-state index in [0.29, 0.717) is 24.8 Å². The van der Waals surface area contributed by atoms with E-state index in [0.717, 1.165) is 6.07 Å². The first-order valence-electron chi connectivity index (χ1n) is 9.01. The summed E-state index contributed by atoms with van der Waals surface area (Å²) < 4.78 is 18.2. The summed E-state index contributed by atoms with van der Waals surface area (Å²) in [4.78, 5) is 25.8. The zero-order valence-corrected chi connectivity index (χ0v) is 15.7. The second-order valence-electron chi connectivity index (χ2n) is 7.11. The molecule has 0 radical (unpaired) electrons. The van der Waals surface area contributed by atoms with Gasteiger partial charge in [-0.05, 0) is 43.0 Å². The summed E-state index contributed by atoms with van der Waals surface area (Å²) in [7, 11) is 0. The molecule has 3 rings (SSSR count). The van der Waals surface area contributed by atoms with Crippen molar-refractivity contribution in [2.24, 2.45) is 0 Å². The summed E-state index contributed by atoms with van der Waals surface area (Å²) >= 11 is 5.74. The zero-order valence-electron chi connectivity index (χ0n) is 15.0. The molecule has 4 atom stereocenters. The van der Waals surface area contributed by atoms with E-state index in [-0.39, 0.29) is 24.5 Å². The molecule has 1 unspecified atom stereocenters. The molecule has 4 N–H and O–H groups in total. The average molecular weight is 417 g/mol. The number of carbonyl (C=O) groups excluding carboxylic acids is 2. The quantitative estimate of drug-likeness (QED) is 0.541. The molecule has 1 saturated heterocycles. The molecule has 0 bridgehead atoms. The fourth-order valence-electron chi connectivity index (χ4n) is 3.67. The van der Waals surface area contributed by atoms with Crippen LogP contribution in [-0.4, -0.2) is 62.8 Å². The van der Waals surface area contributed by atoms with Gasteiger partial charge in [0.25, 0.3) is 11.7 Å². The van der Waals surface area contributed by atoms with Crippen LogP contribution in [-0.2, 0) is 16.1 Å². The average Bonchev–Trinajstić information content (AvgIpc) is 2.90. The van der Waals surface area contributed by atoms with Crippen LogP contribution in [0.1, 0.15) is 31.2 Å². The van der Waals surface area contributed by atoms with Gasteiger partial charge in [-0.25, -0.2) is 9.18 Å². The maximum atomic E-state index is 13.3. The number of nitrogens with one attached hydrogen (secondary N) is 1. The van der Waals surface area contributed by atoms with Gasteiger partial charge in [-0.2, -0.15) is 0 Å².